The van der Waals surface area contributed by atoms with Gasteiger partial charge in [-0.2, -0.15) is 10.1 Å². The van der Waals surface area contributed by atoms with E-state index < -0.39 is 0 Å². The van der Waals surface area contributed by atoms with E-state index in [-0.39, 0.29) is 23.6 Å². The monoisotopic (exact) mass is 393 g/mol. The fraction of sp³-hybridized carbons (Fsp3) is 0.100. The molecular formula is C20H17F2N7. The number of nitrogens with zero attached hydrogens (tertiary/aromatic N) is 4. The predicted molar refractivity (Wildman–Crippen MR) is 106 cm³/mol. The molecule has 0 bridgehead atoms. The Morgan fingerprint density at radius 3 is 2.52 bits per heavy atom. The minimum absolute atomic E-state index is 0.135. The Hall–Kier alpha value is -3.88. The molecule has 7 nitrogen and oxygen atoms in total. The van der Waals surface area contributed by atoms with Crippen LogP contribution in [0.1, 0.15) is 18.5 Å². The number of halogens is 2. The van der Waals surface area contributed by atoms with E-state index in [1.54, 1.807) is 36.4 Å². The van der Waals surface area contributed by atoms with Gasteiger partial charge in [0.25, 0.3) is 0 Å². The van der Waals surface area contributed by atoms with Gasteiger partial charge in [0.15, 0.2) is 5.82 Å². The summed E-state index contributed by atoms with van der Waals surface area (Å²) in [7, 11) is 0. The van der Waals surface area contributed by atoms with E-state index in [1.807, 2.05) is 6.92 Å². The van der Waals surface area contributed by atoms with Gasteiger partial charge in [-0.3, -0.25) is 5.10 Å². The first-order valence-corrected chi connectivity index (χ1v) is 8.87. The molecule has 0 aliphatic carbocycles. The molecule has 4 rings (SSSR count). The summed E-state index contributed by atoms with van der Waals surface area (Å²) in [6, 6.07) is 14.1. The van der Waals surface area contributed by atoms with Crippen molar-refractivity contribution in [2.75, 3.05) is 10.6 Å². The first-order chi connectivity index (χ1) is 14.1. The van der Waals surface area contributed by atoms with Gasteiger partial charge in [0.1, 0.15) is 18.0 Å². The van der Waals surface area contributed by atoms with Crippen molar-refractivity contribution in [3.8, 4) is 11.3 Å². The van der Waals surface area contributed by atoms with Crippen molar-refractivity contribution in [3.05, 3.63) is 78.1 Å². The maximum absolute atomic E-state index is 13.9. The Labute approximate surface area is 165 Å². The molecule has 3 N–H and O–H groups in total. The van der Waals surface area contributed by atoms with Crippen molar-refractivity contribution < 1.29 is 8.78 Å². The summed E-state index contributed by atoms with van der Waals surface area (Å²) in [4.78, 5) is 12.5. The summed E-state index contributed by atoms with van der Waals surface area (Å²) in [6.07, 6.45) is 1.36. The molecule has 4 aromatic rings. The molecule has 0 spiro atoms. The van der Waals surface area contributed by atoms with Crippen LogP contribution in [0.4, 0.5) is 26.5 Å². The number of benzene rings is 2. The fourth-order valence-electron chi connectivity index (χ4n) is 2.77. The highest BCUT2D eigenvalue weighted by molar-refractivity contribution is 5.64. The summed E-state index contributed by atoms with van der Waals surface area (Å²) in [6.45, 7) is 1.92. The summed E-state index contributed by atoms with van der Waals surface area (Å²) >= 11 is 0. The van der Waals surface area contributed by atoms with Gasteiger partial charge in [-0.05, 0) is 36.8 Å². The summed E-state index contributed by atoms with van der Waals surface area (Å²) in [5, 5.41) is 13.0. The van der Waals surface area contributed by atoms with E-state index in [9.17, 15) is 8.78 Å². The lowest BCUT2D eigenvalue weighted by atomic mass is 10.1. The molecule has 0 aliphatic heterocycles. The third-order valence-electron chi connectivity index (χ3n) is 4.27. The smallest absolute Gasteiger partial charge is 0.233 e. The van der Waals surface area contributed by atoms with Crippen molar-refractivity contribution in [3.63, 3.8) is 0 Å². The van der Waals surface area contributed by atoms with Crippen LogP contribution in [0.5, 0.6) is 0 Å². The number of H-pyrrole nitrogens is 1. The van der Waals surface area contributed by atoms with Crippen molar-refractivity contribution in [1.29, 1.82) is 0 Å². The van der Waals surface area contributed by atoms with E-state index in [2.05, 4.69) is 35.8 Å². The average Bonchev–Trinajstić information content (AvgIpc) is 3.17. The molecule has 0 radical (unpaired) electrons. The topological polar surface area (TPSA) is 91.4 Å². The normalized spacial score (nSPS) is 11.8. The van der Waals surface area contributed by atoms with Gasteiger partial charge < -0.3 is 10.6 Å². The van der Waals surface area contributed by atoms with Gasteiger partial charge in [0.05, 0.1) is 11.7 Å². The molecule has 0 saturated heterocycles. The highest BCUT2D eigenvalue weighted by atomic mass is 19.1. The number of nitrogens with one attached hydrogen (secondary N) is 3. The lowest BCUT2D eigenvalue weighted by molar-refractivity contribution is 0.626. The van der Waals surface area contributed by atoms with E-state index in [0.717, 1.165) is 5.56 Å². The SMILES string of the molecule is CC(Nc1ncnc(Nc2cc(-c3ccccc3F)[nH]n2)n1)c1ccc(F)cc1. The van der Waals surface area contributed by atoms with E-state index in [4.69, 9.17) is 0 Å². The maximum atomic E-state index is 13.9. The standard InChI is InChI=1S/C20H17F2N7/c1-12(13-6-8-14(21)9-7-13)25-19-23-11-24-20(27-19)26-18-10-17(28-29-18)15-4-2-3-5-16(15)22/h2-12H,1H3,(H3,23,24,25,26,27,28,29). The molecule has 0 fully saturated rings. The van der Waals surface area contributed by atoms with Crippen LogP contribution in [0, 0.1) is 11.6 Å². The van der Waals surface area contributed by atoms with E-state index in [1.165, 1.54) is 24.5 Å². The average molecular weight is 393 g/mol. The second-order valence-corrected chi connectivity index (χ2v) is 6.32. The quantitative estimate of drug-likeness (QED) is 0.448. The van der Waals surface area contributed by atoms with Crippen LogP contribution in [0.15, 0.2) is 60.9 Å². The molecule has 29 heavy (non-hydrogen) atoms. The van der Waals surface area contributed by atoms with E-state index in [0.29, 0.717) is 23.0 Å². The number of rotatable bonds is 6. The Balaban J connectivity index is 1.47. The molecule has 1 unspecified atom stereocenters. The first-order valence-electron chi connectivity index (χ1n) is 8.87. The molecule has 0 amide bonds. The van der Waals surface area contributed by atoms with Gasteiger partial charge >= 0.3 is 0 Å². The second-order valence-electron chi connectivity index (χ2n) is 6.32. The summed E-state index contributed by atoms with van der Waals surface area (Å²) in [5.41, 5.74) is 1.84. The van der Waals surface area contributed by atoms with Crippen LogP contribution in [-0.2, 0) is 0 Å². The van der Waals surface area contributed by atoms with Gasteiger partial charge in [-0.1, -0.05) is 24.3 Å². The fourth-order valence-corrected chi connectivity index (χ4v) is 2.77. The zero-order chi connectivity index (χ0) is 20.2. The highest BCUT2D eigenvalue weighted by Gasteiger charge is 2.11. The largest absolute Gasteiger partial charge is 0.348 e. The minimum atomic E-state index is -0.343. The zero-order valence-corrected chi connectivity index (χ0v) is 15.4. The molecule has 9 heteroatoms. The van der Waals surface area contributed by atoms with Crippen molar-refractivity contribution in [2.45, 2.75) is 13.0 Å². The van der Waals surface area contributed by atoms with Gasteiger partial charge in [-0.25, -0.2) is 18.7 Å². The summed E-state index contributed by atoms with van der Waals surface area (Å²) in [5.74, 6) is 0.432. The molecule has 146 valence electrons. The lowest BCUT2D eigenvalue weighted by Crippen LogP contribution is -2.11. The number of aromatic nitrogens is 5. The van der Waals surface area contributed by atoms with Gasteiger partial charge in [-0.15, -0.1) is 0 Å². The zero-order valence-electron chi connectivity index (χ0n) is 15.4. The van der Waals surface area contributed by atoms with Crippen LogP contribution in [0.2, 0.25) is 0 Å². The van der Waals surface area contributed by atoms with Crippen LogP contribution in [0.25, 0.3) is 11.3 Å². The number of hydrogen-bond acceptors (Lipinski definition) is 6. The Morgan fingerprint density at radius 1 is 0.966 bits per heavy atom. The molecule has 0 saturated carbocycles. The van der Waals surface area contributed by atoms with Crippen molar-refractivity contribution in [1.82, 2.24) is 25.1 Å². The maximum Gasteiger partial charge on any atom is 0.233 e. The van der Waals surface area contributed by atoms with Crippen LogP contribution >= 0.6 is 0 Å². The van der Waals surface area contributed by atoms with Crippen LogP contribution in [-0.4, -0.2) is 25.1 Å². The summed E-state index contributed by atoms with van der Waals surface area (Å²) < 4.78 is 27.0. The highest BCUT2D eigenvalue weighted by Crippen LogP contribution is 2.24. The Kier molecular flexibility index (Phi) is 5.10. The Morgan fingerprint density at radius 2 is 1.72 bits per heavy atom. The molecule has 1 atom stereocenters. The lowest BCUT2D eigenvalue weighted by Gasteiger charge is -2.14. The third kappa shape index (κ3) is 4.34. The first kappa shape index (κ1) is 18.5. The van der Waals surface area contributed by atoms with E-state index >= 15 is 0 Å². The molecular weight excluding hydrogens is 376 g/mol. The number of aromatic amines is 1. The van der Waals surface area contributed by atoms with Crippen molar-refractivity contribution >= 4 is 17.7 Å². The molecule has 2 aromatic carbocycles. The van der Waals surface area contributed by atoms with Crippen molar-refractivity contribution in [2.24, 2.45) is 0 Å². The van der Waals surface area contributed by atoms with Crippen LogP contribution < -0.4 is 10.6 Å². The molecule has 0 aliphatic rings. The molecule has 2 heterocycles. The van der Waals surface area contributed by atoms with Gasteiger partial charge in [0, 0.05) is 11.6 Å². The predicted octanol–water partition coefficient (Wildman–Crippen LogP) is 4.46. The minimum Gasteiger partial charge on any atom is -0.348 e. The number of hydrogen-bond donors (Lipinski definition) is 3. The number of anilines is 3. The second kappa shape index (κ2) is 8.01. The third-order valence-corrected chi connectivity index (χ3v) is 4.27. The van der Waals surface area contributed by atoms with Crippen LogP contribution in [0.3, 0.4) is 0 Å². The Bertz CT molecular complexity index is 1110. The molecule has 2 aromatic heterocycles. The van der Waals surface area contributed by atoms with Gasteiger partial charge in [0.2, 0.25) is 11.9 Å².